The van der Waals surface area contributed by atoms with Gasteiger partial charge in [-0.1, -0.05) is 13.3 Å². The maximum atomic E-state index is 12.1. The predicted octanol–water partition coefficient (Wildman–Crippen LogP) is 2.49. The van der Waals surface area contributed by atoms with E-state index in [2.05, 4.69) is 17.6 Å². The first kappa shape index (κ1) is 13.6. The number of aryl methyl sites for hydroxylation is 1. The molecule has 4 heteroatoms. The van der Waals surface area contributed by atoms with E-state index in [-0.39, 0.29) is 17.9 Å². The minimum atomic E-state index is -0.0411. The van der Waals surface area contributed by atoms with Crippen molar-refractivity contribution in [2.75, 3.05) is 5.32 Å². The summed E-state index contributed by atoms with van der Waals surface area (Å²) in [7, 11) is 0. The molecule has 2 N–H and O–H groups in total. The summed E-state index contributed by atoms with van der Waals surface area (Å²) in [5, 5.41) is 5.80. The monoisotopic (exact) mass is 260 g/mol. The summed E-state index contributed by atoms with van der Waals surface area (Å²) in [5.74, 6) is 0.00178. The van der Waals surface area contributed by atoms with E-state index in [1.165, 1.54) is 0 Å². The van der Waals surface area contributed by atoms with Crippen LogP contribution in [0, 0.1) is 0 Å². The number of hydrogen-bond acceptors (Lipinski definition) is 2. The molecular weight excluding hydrogens is 240 g/mol. The second-order valence-corrected chi connectivity index (χ2v) is 5.08. The predicted molar refractivity (Wildman–Crippen MR) is 75.2 cm³/mol. The smallest absolute Gasteiger partial charge is 0.251 e. The molecule has 4 nitrogen and oxygen atoms in total. The van der Waals surface area contributed by atoms with Crippen LogP contribution in [0.4, 0.5) is 5.69 Å². The standard InChI is InChI=1S/C15H20N2O2/c1-3-4-10(2)16-15(19)12-5-7-13-11(9-12)6-8-14(18)17-13/h5,7,9-10H,3-4,6,8H2,1-2H3,(H,16,19)(H,17,18). The normalized spacial score (nSPS) is 15.4. The summed E-state index contributed by atoms with van der Waals surface area (Å²) < 4.78 is 0. The molecular formula is C15H20N2O2. The summed E-state index contributed by atoms with van der Waals surface area (Å²) in [4.78, 5) is 23.4. The van der Waals surface area contributed by atoms with Crippen LogP contribution < -0.4 is 10.6 Å². The number of fused-ring (bicyclic) bond motifs is 1. The molecule has 0 spiro atoms. The van der Waals surface area contributed by atoms with E-state index in [0.717, 1.165) is 24.1 Å². The van der Waals surface area contributed by atoms with Crippen LogP contribution in [0.5, 0.6) is 0 Å². The van der Waals surface area contributed by atoms with Gasteiger partial charge in [0, 0.05) is 23.7 Å². The number of benzene rings is 1. The molecule has 0 fully saturated rings. The Bertz CT molecular complexity index is 497. The number of nitrogens with one attached hydrogen (secondary N) is 2. The zero-order chi connectivity index (χ0) is 13.8. The fourth-order valence-corrected chi connectivity index (χ4v) is 2.34. The van der Waals surface area contributed by atoms with Crippen LogP contribution in [-0.4, -0.2) is 17.9 Å². The van der Waals surface area contributed by atoms with E-state index in [4.69, 9.17) is 0 Å². The average Bonchev–Trinajstić information content (AvgIpc) is 2.38. The molecule has 0 radical (unpaired) electrons. The van der Waals surface area contributed by atoms with Crippen molar-refractivity contribution >= 4 is 17.5 Å². The maximum absolute atomic E-state index is 12.1. The average molecular weight is 260 g/mol. The first-order chi connectivity index (χ1) is 9.10. The highest BCUT2D eigenvalue weighted by Crippen LogP contribution is 2.23. The maximum Gasteiger partial charge on any atom is 0.251 e. The molecule has 2 amide bonds. The minimum absolute atomic E-state index is 0.0411. The van der Waals surface area contributed by atoms with Gasteiger partial charge in [-0.05, 0) is 43.5 Å². The van der Waals surface area contributed by atoms with Gasteiger partial charge in [0.15, 0.2) is 0 Å². The number of anilines is 1. The SMILES string of the molecule is CCCC(C)NC(=O)c1ccc2c(c1)CCC(=O)N2. The third-order valence-corrected chi connectivity index (χ3v) is 3.36. The highest BCUT2D eigenvalue weighted by molar-refractivity contribution is 5.98. The molecule has 1 aromatic carbocycles. The first-order valence-electron chi connectivity index (χ1n) is 6.83. The molecule has 0 saturated carbocycles. The van der Waals surface area contributed by atoms with E-state index < -0.39 is 0 Å². The summed E-state index contributed by atoms with van der Waals surface area (Å²) >= 11 is 0. The van der Waals surface area contributed by atoms with Crippen LogP contribution in [0.3, 0.4) is 0 Å². The molecule has 1 aromatic rings. The van der Waals surface area contributed by atoms with Crippen LogP contribution in [0.1, 0.15) is 49.0 Å². The van der Waals surface area contributed by atoms with Crippen molar-refractivity contribution in [1.82, 2.24) is 5.32 Å². The summed E-state index contributed by atoms with van der Waals surface area (Å²) in [6.07, 6.45) is 3.22. The molecule has 2 rings (SSSR count). The van der Waals surface area contributed by atoms with Gasteiger partial charge in [-0.3, -0.25) is 9.59 Å². The van der Waals surface area contributed by atoms with Crippen LogP contribution in [0.25, 0.3) is 0 Å². The van der Waals surface area contributed by atoms with Gasteiger partial charge in [-0.25, -0.2) is 0 Å². The molecule has 1 unspecified atom stereocenters. The molecule has 1 atom stereocenters. The molecule has 0 saturated heterocycles. The molecule has 1 heterocycles. The second-order valence-electron chi connectivity index (χ2n) is 5.08. The van der Waals surface area contributed by atoms with Crippen LogP contribution in [0.15, 0.2) is 18.2 Å². The topological polar surface area (TPSA) is 58.2 Å². The number of hydrogen-bond donors (Lipinski definition) is 2. The first-order valence-corrected chi connectivity index (χ1v) is 6.83. The largest absolute Gasteiger partial charge is 0.350 e. The summed E-state index contributed by atoms with van der Waals surface area (Å²) in [6, 6.07) is 5.64. The molecule has 0 bridgehead atoms. The molecule has 1 aliphatic heterocycles. The van der Waals surface area contributed by atoms with Crippen molar-refractivity contribution in [2.45, 2.75) is 45.6 Å². The molecule has 0 aliphatic carbocycles. The highest BCUT2D eigenvalue weighted by Gasteiger charge is 2.17. The van der Waals surface area contributed by atoms with E-state index in [9.17, 15) is 9.59 Å². The highest BCUT2D eigenvalue weighted by atomic mass is 16.2. The van der Waals surface area contributed by atoms with E-state index in [0.29, 0.717) is 18.4 Å². The van der Waals surface area contributed by atoms with E-state index >= 15 is 0 Å². The van der Waals surface area contributed by atoms with Gasteiger partial charge in [0.25, 0.3) is 5.91 Å². The number of carbonyl (C=O) groups excluding carboxylic acids is 2. The van der Waals surface area contributed by atoms with Crippen LogP contribution in [-0.2, 0) is 11.2 Å². The van der Waals surface area contributed by atoms with Crippen molar-refractivity contribution in [3.63, 3.8) is 0 Å². The fraction of sp³-hybridized carbons (Fsp3) is 0.467. The number of carbonyl (C=O) groups is 2. The Balaban J connectivity index is 2.09. The van der Waals surface area contributed by atoms with E-state index in [1.807, 2.05) is 19.1 Å². The lowest BCUT2D eigenvalue weighted by Gasteiger charge is -2.18. The van der Waals surface area contributed by atoms with Gasteiger partial charge >= 0.3 is 0 Å². The Morgan fingerprint density at radius 2 is 2.21 bits per heavy atom. The fourth-order valence-electron chi connectivity index (χ4n) is 2.34. The van der Waals surface area contributed by atoms with Gasteiger partial charge in [0.2, 0.25) is 5.91 Å². The van der Waals surface area contributed by atoms with Crippen molar-refractivity contribution in [1.29, 1.82) is 0 Å². The van der Waals surface area contributed by atoms with Crippen LogP contribution >= 0.6 is 0 Å². The van der Waals surface area contributed by atoms with Crippen molar-refractivity contribution in [3.8, 4) is 0 Å². The van der Waals surface area contributed by atoms with Gasteiger partial charge in [-0.2, -0.15) is 0 Å². The lowest BCUT2D eigenvalue weighted by Crippen LogP contribution is -2.32. The van der Waals surface area contributed by atoms with Gasteiger partial charge in [0.05, 0.1) is 0 Å². The van der Waals surface area contributed by atoms with Gasteiger partial charge < -0.3 is 10.6 Å². The van der Waals surface area contributed by atoms with E-state index in [1.54, 1.807) is 6.07 Å². The molecule has 1 aliphatic rings. The zero-order valence-electron chi connectivity index (χ0n) is 11.5. The number of amides is 2. The van der Waals surface area contributed by atoms with Crippen molar-refractivity contribution in [2.24, 2.45) is 0 Å². The molecule has 0 aromatic heterocycles. The second kappa shape index (κ2) is 5.87. The minimum Gasteiger partial charge on any atom is -0.350 e. The molecule has 102 valence electrons. The zero-order valence-corrected chi connectivity index (χ0v) is 11.5. The Morgan fingerprint density at radius 3 is 2.95 bits per heavy atom. The van der Waals surface area contributed by atoms with Crippen molar-refractivity contribution in [3.05, 3.63) is 29.3 Å². The lowest BCUT2D eigenvalue weighted by atomic mass is 10.00. The Kier molecular flexibility index (Phi) is 4.20. The lowest BCUT2D eigenvalue weighted by molar-refractivity contribution is -0.116. The van der Waals surface area contributed by atoms with Crippen LogP contribution in [0.2, 0.25) is 0 Å². The number of rotatable bonds is 4. The summed E-state index contributed by atoms with van der Waals surface area (Å²) in [6.45, 7) is 4.12. The summed E-state index contributed by atoms with van der Waals surface area (Å²) in [5.41, 5.74) is 2.53. The van der Waals surface area contributed by atoms with Gasteiger partial charge in [-0.15, -0.1) is 0 Å². The Hall–Kier alpha value is -1.84. The van der Waals surface area contributed by atoms with Gasteiger partial charge in [0.1, 0.15) is 0 Å². The Morgan fingerprint density at radius 1 is 1.42 bits per heavy atom. The molecule has 19 heavy (non-hydrogen) atoms. The quantitative estimate of drug-likeness (QED) is 0.873. The Labute approximate surface area is 113 Å². The third-order valence-electron chi connectivity index (χ3n) is 3.36. The third kappa shape index (κ3) is 3.34. The van der Waals surface area contributed by atoms with Crippen molar-refractivity contribution < 1.29 is 9.59 Å².